The molecule has 0 saturated heterocycles. The minimum atomic E-state index is 1.02. The van der Waals surface area contributed by atoms with Crippen LogP contribution in [0.5, 0.6) is 0 Å². The van der Waals surface area contributed by atoms with Crippen LogP contribution in [0.3, 0.4) is 0 Å². The van der Waals surface area contributed by atoms with Crippen LogP contribution < -0.4 is 5.73 Å². The van der Waals surface area contributed by atoms with Crippen molar-refractivity contribution in [2.24, 2.45) is 5.73 Å². The summed E-state index contributed by atoms with van der Waals surface area (Å²) in [6, 6.07) is 4.01. The third-order valence-electron chi connectivity index (χ3n) is 2.07. The normalized spacial score (nSPS) is 11.7. The lowest BCUT2D eigenvalue weighted by Crippen LogP contribution is -1.94. The Balaban J connectivity index is 2.99. The summed E-state index contributed by atoms with van der Waals surface area (Å²) in [5, 5.41) is 0. The molecular formula is C11H16N2. The van der Waals surface area contributed by atoms with E-state index >= 15 is 0 Å². The van der Waals surface area contributed by atoms with Gasteiger partial charge in [-0.05, 0) is 31.2 Å². The molecule has 0 aliphatic heterocycles. The lowest BCUT2D eigenvalue weighted by Gasteiger charge is -2.07. The van der Waals surface area contributed by atoms with E-state index in [0.29, 0.717) is 0 Å². The minimum absolute atomic E-state index is 1.02. The number of nitrogens with zero attached hydrogens (tertiary/aromatic N) is 1. The summed E-state index contributed by atoms with van der Waals surface area (Å²) in [7, 11) is 0. The molecule has 0 amide bonds. The number of pyridine rings is 1. The van der Waals surface area contributed by atoms with E-state index in [1.165, 1.54) is 11.1 Å². The number of aromatic nitrogens is 1. The quantitative estimate of drug-likeness (QED) is 0.768. The number of nitrogens with two attached hydrogens (primary N) is 1. The van der Waals surface area contributed by atoms with Crippen molar-refractivity contribution >= 4 is 5.57 Å². The van der Waals surface area contributed by atoms with Crippen molar-refractivity contribution in [1.82, 2.24) is 4.98 Å². The molecule has 70 valence electrons. The van der Waals surface area contributed by atoms with Crippen LogP contribution in [0.15, 0.2) is 24.5 Å². The molecule has 0 bridgehead atoms. The summed E-state index contributed by atoms with van der Waals surface area (Å²) in [4.78, 5) is 4.23. The van der Waals surface area contributed by atoms with Gasteiger partial charge in [-0.15, -0.1) is 0 Å². The first-order valence-electron chi connectivity index (χ1n) is 4.62. The fourth-order valence-corrected chi connectivity index (χ4v) is 1.40. The maximum absolute atomic E-state index is 5.57. The Hall–Kier alpha value is -1.31. The molecule has 13 heavy (non-hydrogen) atoms. The maximum atomic E-state index is 5.57. The predicted molar refractivity (Wildman–Crippen MR) is 56.0 cm³/mol. The third kappa shape index (κ3) is 2.31. The fraction of sp³-hybridized carbons (Fsp3) is 0.364. The standard InChI is InChI=1S/C11H16N2/c1-3-5-10(8-12)11-6-4-7-13-9(11)2/h4,6-8H,3,5,12H2,1-2H3/b10-8-. The van der Waals surface area contributed by atoms with Gasteiger partial charge in [-0.3, -0.25) is 4.98 Å². The minimum Gasteiger partial charge on any atom is -0.404 e. The van der Waals surface area contributed by atoms with E-state index in [2.05, 4.69) is 18.0 Å². The first kappa shape index (κ1) is 9.78. The monoisotopic (exact) mass is 176 g/mol. The second-order valence-electron chi connectivity index (χ2n) is 3.08. The SMILES string of the molecule is CCC/C(=C/N)c1cccnc1C. The van der Waals surface area contributed by atoms with Crippen LogP contribution in [0.1, 0.15) is 31.0 Å². The summed E-state index contributed by atoms with van der Waals surface area (Å²) in [6.45, 7) is 4.16. The molecule has 0 saturated carbocycles. The third-order valence-corrected chi connectivity index (χ3v) is 2.07. The van der Waals surface area contributed by atoms with Crippen molar-refractivity contribution in [3.8, 4) is 0 Å². The summed E-state index contributed by atoms with van der Waals surface area (Å²) >= 11 is 0. The molecule has 0 aromatic carbocycles. The highest BCUT2D eigenvalue weighted by molar-refractivity contribution is 5.66. The predicted octanol–water partition coefficient (Wildman–Crippen LogP) is 2.49. The van der Waals surface area contributed by atoms with Crippen LogP contribution in [0.2, 0.25) is 0 Å². The number of rotatable bonds is 3. The van der Waals surface area contributed by atoms with Gasteiger partial charge in [0, 0.05) is 17.5 Å². The average molecular weight is 176 g/mol. The van der Waals surface area contributed by atoms with Crippen molar-refractivity contribution in [2.45, 2.75) is 26.7 Å². The summed E-state index contributed by atoms with van der Waals surface area (Å²) in [5.74, 6) is 0. The van der Waals surface area contributed by atoms with Crippen molar-refractivity contribution in [1.29, 1.82) is 0 Å². The molecule has 1 aromatic heterocycles. The van der Waals surface area contributed by atoms with Crippen molar-refractivity contribution in [3.63, 3.8) is 0 Å². The molecule has 0 fully saturated rings. The van der Waals surface area contributed by atoms with Crippen LogP contribution >= 0.6 is 0 Å². The molecule has 0 aliphatic carbocycles. The molecule has 1 heterocycles. The van der Waals surface area contributed by atoms with E-state index in [1.807, 2.05) is 13.0 Å². The topological polar surface area (TPSA) is 38.9 Å². The highest BCUT2D eigenvalue weighted by atomic mass is 14.7. The van der Waals surface area contributed by atoms with Gasteiger partial charge in [-0.1, -0.05) is 19.4 Å². The molecule has 1 aromatic rings. The molecule has 0 atom stereocenters. The molecule has 2 nitrogen and oxygen atoms in total. The van der Waals surface area contributed by atoms with Crippen LogP contribution in [0.4, 0.5) is 0 Å². The maximum Gasteiger partial charge on any atom is 0.0448 e. The summed E-state index contributed by atoms with van der Waals surface area (Å²) < 4.78 is 0. The second kappa shape index (κ2) is 4.65. The Morgan fingerprint density at radius 1 is 1.62 bits per heavy atom. The van der Waals surface area contributed by atoms with E-state index in [9.17, 15) is 0 Å². The summed E-state index contributed by atoms with van der Waals surface area (Å²) in [6.07, 6.45) is 5.62. The van der Waals surface area contributed by atoms with Gasteiger partial charge in [-0.2, -0.15) is 0 Å². The highest BCUT2D eigenvalue weighted by Crippen LogP contribution is 2.20. The van der Waals surface area contributed by atoms with Gasteiger partial charge >= 0.3 is 0 Å². The number of allylic oxidation sites excluding steroid dienone is 1. The van der Waals surface area contributed by atoms with Gasteiger partial charge in [-0.25, -0.2) is 0 Å². The number of hydrogen-bond acceptors (Lipinski definition) is 2. The van der Waals surface area contributed by atoms with Gasteiger partial charge in [0.2, 0.25) is 0 Å². The largest absolute Gasteiger partial charge is 0.404 e. The Morgan fingerprint density at radius 3 is 2.92 bits per heavy atom. The van der Waals surface area contributed by atoms with E-state index < -0.39 is 0 Å². The molecule has 0 spiro atoms. The number of hydrogen-bond donors (Lipinski definition) is 1. The molecule has 1 rings (SSSR count). The van der Waals surface area contributed by atoms with Crippen LogP contribution in [-0.4, -0.2) is 4.98 Å². The zero-order valence-corrected chi connectivity index (χ0v) is 8.25. The molecular weight excluding hydrogens is 160 g/mol. The van der Waals surface area contributed by atoms with Crippen LogP contribution in [-0.2, 0) is 0 Å². The number of aryl methyl sites for hydroxylation is 1. The van der Waals surface area contributed by atoms with Gasteiger partial charge in [0.05, 0.1) is 0 Å². The van der Waals surface area contributed by atoms with E-state index in [-0.39, 0.29) is 0 Å². The van der Waals surface area contributed by atoms with E-state index in [1.54, 1.807) is 12.4 Å². The van der Waals surface area contributed by atoms with E-state index in [4.69, 9.17) is 5.73 Å². The van der Waals surface area contributed by atoms with Crippen molar-refractivity contribution in [2.75, 3.05) is 0 Å². The van der Waals surface area contributed by atoms with Crippen LogP contribution in [0, 0.1) is 6.92 Å². The van der Waals surface area contributed by atoms with Crippen molar-refractivity contribution < 1.29 is 0 Å². The molecule has 0 radical (unpaired) electrons. The van der Waals surface area contributed by atoms with Crippen molar-refractivity contribution in [3.05, 3.63) is 35.8 Å². The van der Waals surface area contributed by atoms with Crippen LogP contribution in [0.25, 0.3) is 5.57 Å². The lowest BCUT2D eigenvalue weighted by molar-refractivity contribution is 0.966. The van der Waals surface area contributed by atoms with E-state index in [0.717, 1.165) is 18.5 Å². The second-order valence-corrected chi connectivity index (χ2v) is 3.08. The molecule has 2 N–H and O–H groups in total. The fourth-order valence-electron chi connectivity index (χ4n) is 1.40. The Bertz CT molecular complexity index is 303. The van der Waals surface area contributed by atoms with Gasteiger partial charge in [0.15, 0.2) is 0 Å². The molecule has 0 aliphatic rings. The highest BCUT2D eigenvalue weighted by Gasteiger charge is 2.03. The first-order valence-corrected chi connectivity index (χ1v) is 4.62. The Labute approximate surface area is 79.5 Å². The average Bonchev–Trinajstić information content (AvgIpc) is 2.16. The van der Waals surface area contributed by atoms with Gasteiger partial charge in [0.25, 0.3) is 0 Å². The smallest absolute Gasteiger partial charge is 0.0448 e. The molecule has 0 unspecified atom stereocenters. The van der Waals surface area contributed by atoms with Gasteiger partial charge in [0.1, 0.15) is 0 Å². The molecule has 2 heteroatoms. The summed E-state index contributed by atoms with van der Waals surface area (Å²) in [5.41, 5.74) is 8.98. The Morgan fingerprint density at radius 2 is 2.38 bits per heavy atom. The zero-order valence-electron chi connectivity index (χ0n) is 8.25. The Kier molecular flexibility index (Phi) is 3.50. The lowest BCUT2D eigenvalue weighted by atomic mass is 10.0. The zero-order chi connectivity index (χ0) is 9.68. The first-order chi connectivity index (χ1) is 6.29. The van der Waals surface area contributed by atoms with Gasteiger partial charge < -0.3 is 5.73 Å².